The molecule has 1 N–H and O–H groups in total. The van der Waals surface area contributed by atoms with Gasteiger partial charge in [-0.25, -0.2) is 0 Å². The van der Waals surface area contributed by atoms with Gasteiger partial charge in [0.15, 0.2) is 0 Å². The van der Waals surface area contributed by atoms with Crippen LogP contribution in [0.25, 0.3) is 0 Å². The third-order valence-electron chi connectivity index (χ3n) is 4.53. The van der Waals surface area contributed by atoms with Gasteiger partial charge in [-0.1, -0.05) is 41.4 Å². The Hall–Kier alpha value is -2.33. The Labute approximate surface area is 152 Å². The Morgan fingerprint density at radius 1 is 1.20 bits per heavy atom. The topological polar surface area (TPSA) is 49.4 Å². The van der Waals surface area contributed by atoms with Crippen LogP contribution in [0.4, 0.5) is 5.69 Å². The number of benzene rings is 2. The second-order valence-corrected chi connectivity index (χ2v) is 7.05. The smallest absolute Gasteiger partial charge is 0.229 e. The van der Waals surface area contributed by atoms with Crippen LogP contribution in [0.1, 0.15) is 23.1 Å². The first kappa shape index (κ1) is 17.5. The van der Waals surface area contributed by atoms with Crippen molar-refractivity contribution in [2.24, 2.45) is 5.92 Å². The van der Waals surface area contributed by atoms with E-state index in [2.05, 4.69) is 5.32 Å². The number of hydrogen-bond donors (Lipinski definition) is 1. The first-order valence-corrected chi connectivity index (χ1v) is 8.70. The molecular formula is C20H21ClN2O2. The van der Waals surface area contributed by atoms with E-state index in [0.29, 0.717) is 18.1 Å². The summed E-state index contributed by atoms with van der Waals surface area (Å²) >= 11 is 5.94. The fourth-order valence-electron chi connectivity index (χ4n) is 3.02. The molecule has 5 heteroatoms. The highest BCUT2D eigenvalue weighted by Crippen LogP contribution is 2.24. The molecule has 0 aliphatic carbocycles. The second kappa shape index (κ2) is 7.28. The summed E-state index contributed by atoms with van der Waals surface area (Å²) in [5.41, 5.74) is 3.90. The van der Waals surface area contributed by atoms with Crippen molar-refractivity contribution in [1.82, 2.24) is 4.90 Å². The van der Waals surface area contributed by atoms with Gasteiger partial charge in [-0.3, -0.25) is 9.59 Å². The normalized spacial score (nSPS) is 17.0. The highest BCUT2D eigenvalue weighted by atomic mass is 35.5. The first-order chi connectivity index (χ1) is 11.9. The lowest BCUT2D eigenvalue weighted by molar-refractivity contribution is -0.128. The van der Waals surface area contributed by atoms with Crippen LogP contribution in [-0.2, 0) is 16.1 Å². The Bertz CT molecular complexity index is 802. The van der Waals surface area contributed by atoms with Crippen LogP contribution in [-0.4, -0.2) is 23.3 Å². The van der Waals surface area contributed by atoms with Gasteiger partial charge >= 0.3 is 0 Å². The number of nitrogens with one attached hydrogen (secondary N) is 1. The molecule has 1 heterocycles. The van der Waals surface area contributed by atoms with E-state index in [-0.39, 0.29) is 24.2 Å². The number of anilines is 1. The van der Waals surface area contributed by atoms with E-state index < -0.39 is 0 Å². The molecule has 0 radical (unpaired) electrons. The number of aryl methyl sites for hydroxylation is 2. The van der Waals surface area contributed by atoms with Crippen molar-refractivity contribution in [2.75, 3.05) is 11.9 Å². The third kappa shape index (κ3) is 4.20. The van der Waals surface area contributed by atoms with Crippen molar-refractivity contribution in [3.8, 4) is 0 Å². The van der Waals surface area contributed by atoms with Gasteiger partial charge in [0.05, 0.1) is 5.92 Å². The Balaban J connectivity index is 1.63. The van der Waals surface area contributed by atoms with Gasteiger partial charge in [0.2, 0.25) is 11.8 Å². The predicted molar refractivity (Wildman–Crippen MR) is 99.5 cm³/mol. The number of rotatable bonds is 4. The number of amides is 2. The largest absolute Gasteiger partial charge is 0.338 e. The maximum Gasteiger partial charge on any atom is 0.229 e. The average molecular weight is 357 g/mol. The van der Waals surface area contributed by atoms with Crippen molar-refractivity contribution in [3.63, 3.8) is 0 Å². The Morgan fingerprint density at radius 2 is 1.92 bits per heavy atom. The van der Waals surface area contributed by atoms with Gasteiger partial charge < -0.3 is 10.2 Å². The van der Waals surface area contributed by atoms with E-state index in [1.54, 1.807) is 23.1 Å². The zero-order valence-electron chi connectivity index (χ0n) is 14.4. The maximum atomic E-state index is 12.5. The summed E-state index contributed by atoms with van der Waals surface area (Å²) in [4.78, 5) is 26.5. The summed E-state index contributed by atoms with van der Waals surface area (Å²) in [6, 6.07) is 13.4. The monoisotopic (exact) mass is 356 g/mol. The van der Waals surface area contributed by atoms with Crippen LogP contribution < -0.4 is 5.32 Å². The van der Waals surface area contributed by atoms with Crippen molar-refractivity contribution in [2.45, 2.75) is 26.8 Å². The minimum Gasteiger partial charge on any atom is -0.338 e. The Kier molecular flexibility index (Phi) is 5.09. The molecule has 0 saturated carbocycles. The number of likely N-dealkylation sites (tertiary alicyclic amines) is 1. The molecule has 2 aromatic rings. The molecule has 0 aromatic heterocycles. The fraction of sp³-hybridized carbons (Fsp3) is 0.300. The predicted octanol–water partition coefficient (Wildman–Crippen LogP) is 3.94. The lowest BCUT2D eigenvalue weighted by Crippen LogP contribution is -2.28. The van der Waals surface area contributed by atoms with Crippen molar-refractivity contribution in [3.05, 3.63) is 64.2 Å². The SMILES string of the molecule is Cc1ccc(CN2CC(C(=O)Nc3ccc(Cl)cc3C)CC2=O)cc1. The fourth-order valence-corrected chi connectivity index (χ4v) is 3.24. The standard InChI is InChI=1S/C20H21ClN2O2/c1-13-3-5-15(6-4-13)11-23-12-16(10-19(23)24)20(25)22-18-8-7-17(21)9-14(18)2/h3-9,16H,10-12H2,1-2H3,(H,22,25). The molecule has 1 saturated heterocycles. The molecule has 0 bridgehead atoms. The minimum atomic E-state index is -0.326. The number of carbonyl (C=O) groups excluding carboxylic acids is 2. The molecule has 25 heavy (non-hydrogen) atoms. The number of nitrogens with zero attached hydrogens (tertiary/aromatic N) is 1. The van der Waals surface area contributed by atoms with Gasteiger partial charge in [0.1, 0.15) is 0 Å². The van der Waals surface area contributed by atoms with Gasteiger partial charge in [-0.15, -0.1) is 0 Å². The number of halogens is 1. The van der Waals surface area contributed by atoms with Crippen molar-refractivity contribution in [1.29, 1.82) is 0 Å². The maximum absolute atomic E-state index is 12.5. The molecular weight excluding hydrogens is 336 g/mol. The molecule has 2 amide bonds. The third-order valence-corrected chi connectivity index (χ3v) is 4.76. The molecule has 4 nitrogen and oxygen atoms in total. The molecule has 1 fully saturated rings. The molecule has 1 aliphatic rings. The second-order valence-electron chi connectivity index (χ2n) is 6.61. The van der Waals surface area contributed by atoms with E-state index in [4.69, 9.17) is 11.6 Å². The lowest BCUT2D eigenvalue weighted by atomic mass is 10.1. The van der Waals surface area contributed by atoms with E-state index >= 15 is 0 Å². The number of hydrogen-bond acceptors (Lipinski definition) is 2. The van der Waals surface area contributed by atoms with Gasteiger partial charge in [-0.05, 0) is 43.2 Å². The van der Waals surface area contributed by atoms with Crippen LogP contribution in [0.3, 0.4) is 0 Å². The van der Waals surface area contributed by atoms with Crippen LogP contribution >= 0.6 is 11.6 Å². The van der Waals surface area contributed by atoms with E-state index in [0.717, 1.165) is 16.8 Å². The highest BCUT2D eigenvalue weighted by molar-refractivity contribution is 6.30. The van der Waals surface area contributed by atoms with Gasteiger partial charge in [-0.2, -0.15) is 0 Å². The molecule has 1 atom stereocenters. The summed E-state index contributed by atoms with van der Waals surface area (Å²) in [5.74, 6) is -0.424. The first-order valence-electron chi connectivity index (χ1n) is 8.32. The van der Waals surface area contributed by atoms with E-state index in [1.165, 1.54) is 5.56 Å². The molecule has 1 unspecified atom stereocenters. The zero-order valence-corrected chi connectivity index (χ0v) is 15.1. The highest BCUT2D eigenvalue weighted by Gasteiger charge is 2.34. The molecule has 3 rings (SSSR count). The quantitative estimate of drug-likeness (QED) is 0.901. The van der Waals surface area contributed by atoms with Crippen LogP contribution in [0, 0.1) is 19.8 Å². The summed E-state index contributed by atoms with van der Waals surface area (Å²) in [6.07, 6.45) is 0.254. The summed E-state index contributed by atoms with van der Waals surface area (Å²) < 4.78 is 0. The van der Waals surface area contributed by atoms with E-state index in [9.17, 15) is 9.59 Å². The summed E-state index contributed by atoms with van der Waals surface area (Å²) in [5, 5.41) is 3.55. The Morgan fingerprint density at radius 3 is 2.60 bits per heavy atom. The minimum absolute atomic E-state index is 0.0218. The van der Waals surface area contributed by atoms with E-state index in [1.807, 2.05) is 38.1 Å². The average Bonchev–Trinajstić information content (AvgIpc) is 2.93. The molecule has 0 spiro atoms. The van der Waals surface area contributed by atoms with Gasteiger partial charge in [0.25, 0.3) is 0 Å². The molecule has 130 valence electrons. The number of carbonyl (C=O) groups is 2. The molecule has 2 aromatic carbocycles. The molecule has 1 aliphatic heterocycles. The summed E-state index contributed by atoms with van der Waals surface area (Å²) in [6.45, 7) is 4.92. The lowest BCUT2D eigenvalue weighted by Gasteiger charge is -2.17. The van der Waals surface area contributed by atoms with Crippen LogP contribution in [0.15, 0.2) is 42.5 Å². The van der Waals surface area contributed by atoms with Gasteiger partial charge in [0, 0.05) is 30.2 Å². The zero-order chi connectivity index (χ0) is 18.0. The van der Waals surface area contributed by atoms with Crippen molar-refractivity contribution < 1.29 is 9.59 Å². The van der Waals surface area contributed by atoms with Crippen LogP contribution in [0.5, 0.6) is 0 Å². The van der Waals surface area contributed by atoms with Crippen molar-refractivity contribution >= 4 is 29.1 Å². The van der Waals surface area contributed by atoms with Crippen LogP contribution in [0.2, 0.25) is 5.02 Å². The summed E-state index contributed by atoms with van der Waals surface area (Å²) in [7, 11) is 0.